The van der Waals surface area contributed by atoms with Crippen LogP contribution in [0.2, 0.25) is 0 Å². The second-order valence-electron chi connectivity index (χ2n) is 9.14. The number of hydrogen-bond acceptors (Lipinski definition) is 5. The largest absolute Gasteiger partial charge is 0.457 e. The molecule has 1 amide bonds. The molecule has 0 saturated carbocycles. The van der Waals surface area contributed by atoms with Crippen molar-refractivity contribution in [1.82, 2.24) is 15.1 Å². The first-order valence-corrected chi connectivity index (χ1v) is 10.5. The van der Waals surface area contributed by atoms with Gasteiger partial charge in [-0.1, -0.05) is 30.3 Å². The van der Waals surface area contributed by atoms with Crippen LogP contribution in [0.4, 0.5) is 0 Å². The molecule has 0 aromatic heterocycles. The average Bonchev–Trinajstić information content (AvgIpc) is 2.66. The highest BCUT2D eigenvalue weighted by Crippen LogP contribution is 2.40. The Labute approximate surface area is 179 Å². The maximum Gasteiger partial charge on any atom is 0.337 e. The van der Waals surface area contributed by atoms with E-state index in [0.29, 0.717) is 24.2 Å². The molecule has 2 aliphatic heterocycles. The van der Waals surface area contributed by atoms with Gasteiger partial charge in [-0.3, -0.25) is 4.79 Å². The normalized spacial score (nSPS) is 20.9. The quantitative estimate of drug-likeness (QED) is 0.775. The predicted octanol–water partition coefficient (Wildman–Crippen LogP) is 3.04. The van der Waals surface area contributed by atoms with Crippen molar-refractivity contribution in [2.45, 2.75) is 46.1 Å². The third-order valence-electron chi connectivity index (χ3n) is 5.53. The Balaban J connectivity index is 2.05. The van der Waals surface area contributed by atoms with E-state index in [9.17, 15) is 9.59 Å². The van der Waals surface area contributed by atoms with Crippen LogP contribution >= 0.6 is 0 Å². The Kier molecular flexibility index (Phi) is 6.36. The molecule has 30 heavy (non-hydrogen) atoms. The fraction of sp³-hybridized carbons (Fsp3) is 0.500. The van der Waals surface area contributed by atoms with Crippen LogP contribution in [0.3, 0.4) is 0 Å². The summed E-state index contributed by atoms with van der Waals surface area (Å²) in [5, 5.41) is 3.28. The van der Waals surface area contributed by atoms with Crippen LogP contribution < -0.4 is 5.32 Å². The molecule has 1 fully saturated rings. The van der Waals surface area contributed by atoms with Gasteiger partial charge >= 0.3 is 5.97 Å². The third kappa shape index (κ3) is 4.75. The van der Waals surface area contributed by atoms with E-state index in [1.807, 2.05) is 69.9 Å². The summed E-state index contributed by atoms with van der Waals surface area (Å²) in [6, 6.07) is 9.75. The zero-order valence-electron chi connectivity index (χ0n) is 18.9. The highest BCUT2D eigenvalue weighted by atomic mass is 16.6. The van der Waals surface area contributed by atoms with E-state index in [1.54, 1.807) is 0 Å². The molecular weight excluding hydrogens is 378 g/mol. The van der Waals surface area contributed by atoms with E-state index < -0.39 is 17.5 Å². The lowest BCUT2D eigenvalue weighted by molar-refractivity contribution is -0.150. The molecular formula is C24H33N3O3. The molecule has 6 nitrogen and oxygen atoms in total. The zero-order valence-corrected chi connectivity index (χ0v) is 18.9. The minimum atomic E-state index is -0.622. The topological polar surface area (TPSA) is 61.9 Å². The number of ether oxygens (including phenoxy) is 1. The van der Waals surface area contributed by atoms with Gasteiger partial charge in [0.1, 0.15) is 5.60 Å². The number of esters is 1. The average molecular weight is 412 g/mol. The number of dihydropyridines is 1. The second-order valence-corrected chi connectivity index (χ2v) is 9.14. The SMILES string of the molecule is CC1=C(C(=O)OC(C)(C)C)C(c2ccccc2)C(C(=O)N2CCN(C)CC2)=C(C)N1. The number of piperazine rings is 1. The lowest BCUT2D eigenvalue weighted by Gasteiger charge is -2.37. The van der Waals surface area contributed by atoms with Crippen molar-refractivity contribution in [3.63, 3.8) is 0 Å². The van der Waals surface area contributed by atoms with E-state index in [4.69, 9.17) is 4.74 Å². The van der Waals surface area contributed by atoms with Crippen LogP contribution in [0.15, 0.2) is 52.9 Å². The number of allylic oxidation sites excluding steroid dienone is 2. The Morgan fingerprint density at radius 3 is 2.10 bits per heavy atom. The van der Waals surface area contributed by atoms with E-state index in [0.717, 1.165) is 30.0 Å². The molecule has 1 aromatic rings. The van der Waals surface area contributed by atoms with E-state index in [1.165, 1.54) is 0 Å². The molecule has 1 atom stereocenters. The second kappa shape index (κ2) is 8.64. The van der Waals surface area contributed by atoms with Gasteiger partial charge in [-0.05, 0) is 47.2 Å². The lowest BCUT2D eigenvalue weighted by atomic mass is 9.79. The highest BCUT2D eigenvalue weighted by Gasteiger charge is 2.39. The van der Waals surface area contributed by atoms with Crippen molar-refractivity contribution in [1.29, 1.82) is 0 Å². The standard InChI is InChI=1S/C24H33N3O3/c1-16-19(22(28)27-14-12-26(6)13-15-27)21(18-10-8-7-9-11-18)20(17(2)25-16)23(29)30-24(3,4)5/h7-11,21,25H,12-15H2,1-6H3. The molecule has 1 aromatic carbocycles. The molecule has 3 rings (SSSR count). The number of carbonyl (C=O) groups excluding carboxylic acids is 2. The molecule has 0 spiro atoms. The number of carbonyl (C=O) groups is 2. The third-order valence-corrected chi connectivity index (χ3v) is 5.53. The number of benzene rings is 1. The first-order valence-electron chi connectivity index (χ1n) is 10.5. The van der Waals surface area contributed by atoms with Gasteiger partial charge in [0.25, 0.3) is 5.91 Å². The number of nitrogens with one attached hydrogen (secondary N) is 1. The number of nitrogens with zero attached hydrogens (tertiary/aromatic N) is 2. The summed E-state index contributed by atoms with van der Waals surface area (Å²) in [5.41, 5.74) is 2.93. The molecule has 0 aliphatic carbocycles. The van der Waals surface area contributed by atoms with E-state index >= 15 is 0 Å². The van der Waals surface area contributed by atoms with Crippen LogP contribution in [-0.4, -0.2) is 60.5 Å². The van der Waals surface area contributed by atoms with E-state index in [2.05, 4.69) is 17.3 Å². The zero-order chi connectivity index (χ0) is 22.1. The fourth-order valence-corrected chi connectivity index (χ4v) is 4.04. The van der Waals surface area contributed by atoms with Gasteiger partial charge in [0.15, 0.2) is 0 Å². The summed E-state index contributed by atoms with van der Waals surface area (Å²) in [4.78, 5) is 31.0. The first kappa shape index (κ1) is 22.1. The Bertz CT molecular complexity index is 873. The van der Waals surface area contributed by atoms with Gasteiger partial charge in [-0.2, -0.15) is 0 Å². The maximum atomic E-state index is 13.6. The summed E-state index contributed by atoms with van der Waals surface area (Å²) in [6.07, 6.45) is 0. The van der Waals surface area contributed by atoms with Crippen molar-refractivity contribution in [2.24, 2.45) is 0 Å². The van der Waals surface area contributed by atoms with Gasteiger partial charge in [-0.25, -0.2) is 4.79 Å². The minimum absolute atomic E-state index is 0.0180. The monoisotopic (exact) mass is 411 g/mol. The van der Waals surface area contributed by atoms with Crippen LogP contribution in [-0.2, 0) is 14.3 Å². The van der Waals surface area contributed by atoms with Crippen LogP contribution in [0.25, 0.3) is 0 Å². The van der Waals surface area contributed by atoms with Crippen LogP contribution in [0.1, 0.15) is 46.1 Å². The highest BCUT2D eigenvalue weighted by molar-refractivity contribution is 6.02. The Morgan fingerprint density at radius 1 is 0.967 bits per heavy atom. The van der Waals surface area contributed by atoms with Gasteiger partial charge in [0.05, 0.1) is 11.5 Å². The van der Waals surface area contributed by atoms with Gasteiger partial charge in [0, 0.05) is 43.1 Å². The number of rotatable bonds is 3. The van der Waals surface area contributed by atoms with Crippen LogP contribution in [0, 0.1) is 0 Å². The summed E-state index contributed by atoms with van der Waals surface area (Å²) >= 11 is 0. The molecule has 6 heteroatoms. The molecule has 0 radical (unpaired) electrons. The van der Waals surface area contributed by atoms with Crippen molar-refractivity contribution in [3.8, 4) is 0 Å². The fourth-order valence-electron chi connectivity index (χ4n) is 4.04. The molecule has 0 bridgehead atoms. The minimum Gasteiger partial charge on any atom is -0.457 e. The van der Waals surface area contributed by atoms with Crippen molar-refractivity contribution in [2.75, 3.05) is 33.2 Å². The Morgan fingerprint density at radius 2 is 1.53 bits per heavy atom. The molecule has 1 saturated heterocycles. The number of likely N-dealkylation sites (N-methyl/N-ethyl adjacent to an activating group) is 1. The summed E-state index contributed by atoms with van der Waals surface area (Å²) in [6.45, 7) is 12.4. The lowest BCUT2D eigenvalue weighted by Crippen LogP contribution is -2.49. The maximum absolute atomic E-state index is 13.6. The van der Waals surface area contributed by atoms with Gasteiger partial charge < -0.3 is 19.9 Å². The van der Waals surface area contributed by atoms with Crippen molar-refractivity contribution >= 4 is 11.9 Å². The number of amides is 1. The first-order chi connectivity index (χ1) is 14.1. The summed E-state index contributed by atoms with van der Waals surface area (Å²) < 4.78 is 5.73. The predicted molar refractivity (Wildman–Crippen MR) is 118 cm³/mol. The van der Waals surface area contributed by atoms with Gasteiger partial charge in [0.2, 0.25) is 0 Å². The van der Waals surface area contributed by atoms with E-state index in [-0.39, 0.29) is 5.91 Å². The smallest absolute Gasteiger partial charge is 0.337 e. The summed E-state index contributed by atoms with van der Waals surface area (Å²) in [5.74, 6) is -0.873. The molecule has 1 unspecified atom stereocenters. The Hall–Kier alpha value is -2.60. The van der Waals surface area contributed by atoms with Gasteiger partial charge in [-0.15, -0.1) is 0 Å². The molecule has 2 heterocycles. The molecule has 2 aliphatic rings. The molecule has 162 valence electrons. The van der Waals surface area contributed by atoms with Crippen molar-refractivity contribution < 1.29 is 14.3 Å². The molecule has 1 N–H and O–H groups in total. The number of hydrogen-bond donors (Lipinski definition) is 1. The summed E-state index contributed by atoms with van der Waals surface area (Å²) in [7, 11) is 2.06. The van der Waals surface area contributed by atoms with Crippen molar-refractivity contribution in [3.05, 3.63) is 58.4 Å². The van der Waals surface area contributed by atoms with Crippen LogP contribution in [0.5, 0.6) is 0 Å².